The van der Waals surface area contributed by atoms with Crippen LogP contribution in [0.5, 0.6) is 5.75 Å². The van der Waals surface area contributed by atoms with Crippen molar-refractivity contribution in [3.63, 3.8) is 0 Å². The van der Waals surface area contributed by atoms with Crippen LogP contribution in [-0.4, -0.2) is 19.2 Å². The molecule has 3 nitrogen and oxygen atoms in total. The van der Waals surface area contributed by atoms with Crippen LogP contribution in [0, 0.1) is 0 Å². The minimum atomic E-state index is -0.193. The van der Waals surface area contributed by atoms with E-state index in [4.69, 9.17) is 9.47 Å². The molecule has 0 radical (unpaired) electrons. The Morgan fingerprint density at radius 1 is 1.21 bits per heavy atom. The fourth-order valence-electron chi connectivity index (χ4n) is 0.934. The summed E-state index contributed by atoms with van der Waals surface area (Å²) >= 11 is 0. The molecule has 0 atom stereocenters. The molecular formula is C11H14O3. The number of ether oxygens (including phenoxy) is 2. The molecule has 0 aliphatic carbocycles. The lowest BCUT2D eigenvalue weighted by atomic mass is 10.3. The van der Waals surface area contributed by atoms with Crippen LogP contribution < -0.4 is 4.74 Å². The van der Waals surface area contributed by atoms with E-state index in [9.17, 15) is 4.79 Å². The van der Waals surface area contributed by atoms with Gasteiger partial charge in [0.15, 0.2) is 0 Å². The fraction of sp³-hybridized carbons (Fsp3) is 0.364. The molecule has 1 rings (SSSR count). The summed E-state index contributed by atoms with van der Waals surface area (Å²) in [7, 11) is 0. The molecule has 14 heavy (non-hydrogen) atoms. The van der Waals surface area contributed by atoms with Crippen LogP contribution in [0.3, 0.4) is 0 Å². The van der Waals surface area contributed by atoms with Gasteiger partial charge in [0.25, 0.3) is 0 Å². The van der Waals surface area contributed by atoms with Crippen LogP contribution in [-0.2, 0) is 9.53 Å². The highest BCUT2D eigenvalue weighted by Gasteiger charge is 1.97. The second-order valence-corrected chi connectivity index (χ2v) is 2.74. The van der Waals surface area contributed by atoms with E-state index in [1.807, 2.05) is 30.3 Å². The molecule has 0 N–H and O–H groups in total. The minimum Gasteiger partial charge on any atom is -0.490 e. The Kier molecular flexibility index (Phi) is 4.55. The van der Waals surface area contributed by atoms with Crippen molar-refractivity contribution in [1.82, 2.24) is 0 Å². The standard InChI is InChI=1S/C11H14O3/c1-2-11(12)14-9-8-13-10-6-4-3-5-7-10/h3-7H,2,8-9H2,1H3. The fourth-order valence-corrected chi connectivity index (χ4v) is 0.934. The van der Waals surface area contributed by atoms with E-state index in [0.717, 1.165) is 5.75 Å². The number of hydrogen-bond acceptors (Lipinski definition) is 3. The molecule has 0 aliphatic heterocycles. The van der Waals surface area contributed by atoms with E-state index < -0.39 is 0 Å². The van der Waals surface area contributed by atoms with Crippen molar-refractivity contribution < 1.29 is 14.3 Å². The second kappa shape index (κ2) is 6.02. The topological polar surface area (TPSA) is 35.5 Å². The molecule has 1 aromatic rings. The van der Waals surface area contributed by atoms with Crippen molar-refractivity contribution in [3.05, 3.63) is 30.3 Å². The van der Waals surface area contributed by atoms with E-state index in [1.54, 1.807) is 6.92 Å². The molecule has 0 saturated heterocycles. The Balaban J connectivity index is 2.13. The highest BCUT2D eigenvalue weighted by atomic mass is 16.6. The van der Waals surface area contributed by atoms with Gasteiger partial charge in [0.05, 0.1) is 0 Å². The molecule has 0 spiro atoms. The summed E-state index contributed by atoms with van der Waals surface area (Å²) in [5.74, 6) is 0.599. The molecule has 0 aromatic heterocycles. The van der Waals surface area contributed by atoms with Crippen molar-refractivity contribution in [3.8, 4) is 5.75 Å². The van der Waals surface area contributed by atoms with E-state index in [-0.39, 0.29) is 5.97 Å². The van der Waals surface area contributed by atoms with Gasteiger partial charge >= 0.3 is 5.97 Å². The highest BCUT2D eigenvalue weighted by Crippen LogP contribution is 2.07. The zero-order valence-corrected chi connectivity index (χ0v) is 8.23. The number of rotatable bonds is 5. The van der Waals surface area contributed by atoms with E-state index >= 15 is 0 Å². The van der Waals surface area contributed by atoms with Gasteiger partial charge in [0.1, 0.15) is 19.0 Å². The first-order valence-corrected chi connectivity index (χ1v) is 4.66. The zero-order chi connectivity index (χ0) is 10.2. The van der Waals surface area contributed by atoms with Gasteiger partial charge in [-0.05, 0) is 12.1 Å². The molecular weight excluding hydrogens is 180 g/mol. The number of esters is 1. The highest BCUT2D eigenvalue weighted by molar-refractivity contribution is 5.68. The number of para-hydroxylation sites is 1. The third-order valence-corrected chi connectivity index (χ3v) is 1.65. The van der Waals surface area contributed by atoms with Gasteiger partial charge in [-0.2, -0.15) is 0 Å². The van der Waals surface area contributed by atoms with Crippen molar-refractivity contribution in [2.75, 3.05) is 13.2 Å². The van der Waals surface area contributed by atoms with Crippen LogP contribution in [0.4, 0.5) is 0 Å². The monoisotopic (exact) mass is 194 g/mol. The summed E-state index contributed by atoms with van der Waals surface area (Å²) in [6, 6.07) is 9.44. The molecule has 0 amide bonds. The molecule has 0 aliphatic rings. The number of carbonyl (C=O) groups excluding carboxylic acids is 1. The summed E-state index contributed by atoms with van der Waals surface area (Å²) in [5.41, 5.74) is 0. The molecule has 0 bridgehead atoms. The van der Waals surface area contributed by atoms with Gasteiger partial charge in [-0.3, -0.25) is 4.79 Å². The summed E-state index contributed by atoms with van der Waals surface area (Å²) in [6.45, 7) is 2.47. The summed E-state index contributed by atoms with van der Waals surface area (Å²) < 4.78 is 10.2. The molecule has 1 aromatic carbocycles. The molecule has 0 unspecified atom stereocenters. The summed E-state index contributed by atoms with van der Waals surface area (Å²) in [6.07, 6.45) is 0.408. The lowest BCUT2D eigenvalue weighted by Crippen LogP contribution is -2.10. The predicted molar refractivity (Wildman–Crippen MR) is 53.2 cm³/mol. The SMILES string of the molecule is CCC(=O)OCCOc1ccccc1. The van der Waals surface area contributed by atoms with E-state index in [2.05, 4.69) is 0 Å². The van der Waals surface area contributed by atoms with Crippen LogP contribution in [0.1, 0.15) is 13.3 Å². The Labute approximate surface area is 83.6 Å². The van der Waals surface area contributed by atoms with Crippen LogP contribution in [0.25, 0.3) is 0 Å². The maximum absolute atomic E-state index is 10.7. The summed E-state index contributed by atoms with van der Waals surface area (Å²) in [5, 5.41) is 0. The van der Waals surface area contributed by atoms with Crippen molar-refractivity contribution in [1.29, 1.82) is 0 Å². The third kappa shape index (κ3) is 3.94. The quantitative estimate of drug-likeness (QED) is 0.531. The van der Waals surface area contributed by atoms with Crippen LogP contribution >= 0.6 is 0 Å². The number of benzene rings is 1. The molecule has 0 saturated carbocycles. The lowest BCUT2D eigenvalue weighted by molar-refractivity contribution is -0.143. The minimum absolute atomic E-state index is 0.193. The summed E-state index contributed by atoms with van der Waals surface area (Å²) in [4.78, 5) is 10.7. The Bertz CT molecular complexity index is 269. The van der Waals surface area contributed by atoms with Crippen molar-refractivity contribution >= 4 is 5.97 Å². The van der Waals surface area contributed by atoms with Crippen LogP contribution in [0.15, 0.2) is 30.3 Å². The number of carbonyl (C=O) groups is 1. The first kappa shape index (κ1) is 10.6. The lowest BCUT2D eigenvalue weighted by Gasteiger charge is -2.05. The maximum Gasteiger partial charge on any atom is 0.305 e. The predicted octanol–water partition coefficient (Wildman–Crippen LogP) is 2.02. The van der Waals surface area contributed by atoms with Crippen molar-refractivity contribution in [2.24, 2.45) is 0 Å². The van der Waals surface area contributed by atoms with E-state index in [1.165, 1.54) is 0 Å². The first-order valence-electron chi connectivity index (χ1n) is 4.66. The Hall–Kier alpha value is -1.51. The normalized spacial score (nSPS) is 9.50. The van der Waals surface area contributed by atoms with Crippen molar-refractivity contribution in [2.45, 2.75) is 13.3 Å². The molecule has 0 fully saturated rings. The molecule has 76 valence electrons. The molecule has 3 heteroatoms. The smallest absolute Gasteiger partial charge is 0.305 e. The first-order chi connectivity index (χ1) is 6.83. The van der Waals surface area contributed by atoms with E-state index in [0.29, 0.717) is 19.6 Å². The van der Waals surface area contributed by atoms with Gasteiger partial charge in [-0.1, -0.05) is 25.1 Å². The average Bonchev–Trinajstić information content (AvgIpc) is 2.25. The molecule has 0 heterocycles. The Morgan fingerprint density at radius 3 is 2.57 bits per heavy atom. The second-order valence-electron chi connectivity index (χ2n) is 2.74. The van der Waals surface area contributed by atoms with Gasteiger partial charge in [0, 0.05) is 6.42 Å². The van der Waals surface area contributed by atoms with Gasteiger partial charge in [-0.25, -0.2) is 0 Å². The van der Waals surface area contributed by atoms with Crippen LogP contribution in [0.2, 0.25) is 0 Å². The Morgan fingerprint density at radius 2 is 1.93 bits per heavy atom. The number of hydrogen-bond donors (Lipinski definition) is 0. The third-order valence-electron chi connectivity index (χ3n) is 1.65. The van der Waals surface area contributed by atoms with Gasteiger partial charge in [-0.15, -0.1) is 0 Å². The van der Waals surface area contributed by atoms with Gasteiger partial charge in [0.2, 0.25) is 0 Å². The zero-order valence-electron chi connectivity index (χ0n) is 8.23. The van der Waals surface area contributed by atoms with Gasteiger partial charge < -0.3 is 9.47 Å². The maximum atomic E-state index is 10.7. The average molecular weight is 194 g/mol. The largest absolute Gasteiger partial charge is 0.490 e.